The van der Waals surface area contributed by atoms with Crippen molar-refractivity contribution >= 4 is 74.8 Å². The summed E-state index contributed by atoms with van der Waals surface area (Å²) < 4.78 is 6.70. The van der Waals surface area contributed by atoms with Crippen LogP contribution in [0.4, 0.5) is 10.5 Å². The van der Waals surface area contributed by atoms with Gasteiger partial charge in [-0.25, -0.2) is 0 Å². The first kappa shape index (κ1) is 25.3. The normalized spacial score (nSPS) is 14.5. The molecule has 1 aliphatic heterocycles. The molecule has 0 saturated carbocycles. The SMILES string of the molecule is Cc1ccc(NC(=O)COc2cccc(/C=C3\SC(=O)N(Cc4ccc(I)cc4)C3=O)c2)cc1Cl. The van der Waals surface area contributed by atoms with Crippen molar-refractivity contribution in [1.29, 1.82) is 0 Å². The monoisotopic (exact) mass is 618 g/mol. The molecule has 1 heterocycles. The fraction of sp³-hybridized carbons (Fsp3) is 0.115. The van der Waals surface area contributed by atoms with Gasteiger partial charge in [0.2, 0.25) is 0 Å². The molecule has 1 N–H and O–H groups in total. The number of anilines is 1. The summed E-state index contributed by atoms with van der Waals surface area (Å²) in [4.78, 5) is 39.1. The van der Waals surface area contributed by atoms with Crippen LogP contribution in [0.25, 0.3) is 6.08 Å². The largest absolute Gasteiger partial charge is 0.484 e. The van der Waals surface area contributed by atoms with Crippen LogP contribution >= 0.6 is 46.0 Å². The number of imide groups is 1. The van der Waals surface area contributed by atoms with E-state index in [1.165, 1.54) is 4.90 Å². The first-order valence-corrected chi connectivity index (χ1v) is 12.8. The van der Waals surface area contributed by atoms with Gasteiger partial charge in [-0.15, -0.1) is 0 Å². The van der Waals surface area contributed by atoms with E-state index in [1.807, 2.05) is 37.3 Å². The van der Waals surface area contributed by atoms with Crippen LogP contribution in [0.3, 0.4) is 0 Å². The Morgan fingerprint density at radius 2 is 1.89 bits per heavy atom. The number of hydrogen-bond donors (Lipinski definition) is 1. The van der Waals surface area contributed by atoms with Gasteiger partial charge < -0.3 is 10.1 Å². The van der Waals surface area contributed by atoms with Crippen molar-refractivity contribution < 1.29 is 19.1 Å². The third-order valence-electron chi connectivity index (χ3n) is 5.11. The summed E-state index contributed by atoms with van der Waals surface area (Å²) in [5.41, 5.74) is 3.08. The molecule has 0 atom stereocenters. The minimum atomic E-state index is -0.332. The third-order valence-corrected chi connectivity index (χ3v) is 7.14. The van der Waals surface area contributed by atoms with E-state index in [2.05, 4.69) is 27.9 Å². The zero-order chi connectivity index (χ0) is 24.9. The lowest BCUT2D eigenvalue weighted by molar-refractivity contribution is -0.123. The molecule has 0 aromatic heterocycles. The molecule has 1 fully saturated rings. The number of benzene rings is 3. The Morgan fingerprint density at radius 1 is 1.11 bits per heavy atom. The zero-order valence-electron chi connectivity index (χ0n) is 18.6. The van der Waals surface area contributed by atoms with Gasteiger partial charge >= 0.3 is 0 Å². The van der Waals surface area contributed by atoms with Crippen molar-refractivity contribution in [3.63, 3.8) is 0 Å². The first-order chi connectivity index (χ1) is 16.8. The summed E-state index contributed by atoms with van der Waals surface area (Å²) in [6, 6.07) is 19.9. The number of carbonyl (C=O) groups is 3. The van der Waals surface area contributed by atoms with Crippen LogP contribution in [-0.4, -0.2) is 28.6 Å². The second-order valence-electron chi connectivity index (χ2n) is 7.77. The highest BCUT2D eigenvalue weighted by molar-refractivity contribution is 14.1. The molecule has 9 heteroatoms. The van der Waals surface area contributed by atoms with E-state index in [4.69, 9.17) is 16.3 Å². The van der Waals surface area contributed by atoms with Gasteiger partial charge in [0, 0.05) is 14.3 Å². The van der Waals surface area contributed by atoms with Gasteiger partial charge in [-0.1, -0.05) is 41.9 Å². The number of rotatable bonds is 7. The number of thioether (sulfide) groups is 1. The van der Waals surface area contributed by atoms with E-state index in [-0.39, 0.29) is 30.2 Å². The predicted molar refractivity (Wildman–Crippen MR) is 147 cm³/mol. The Balaban J connectivity index is 1.38. The lowest BCUT2D eigenvalue weighted by Gasteiger charge is -2.12. The number of nitrogens with zero attached hydrogens (tertiary/aromatic N) is 1. The van der Waals surface area contributed by atoms with Gasteiger partial charge in [0.1, 0.15) is 5.75 Å². The molecule has 6 nitrogen and oxygen atoms in total. The van der Waals surface area contributed by atoms with Crippen LogP contribution in [0, 0.1) is 10.5 Å². The first-order valence-electron chi connectivity index (χ1n) is 10.6. The summed E-state index contributed by atoms with van der Waals surface area (Å²) in [5, 5.41) is 3.00. The van der Waals surface area contributed by atoms with E-state index in [1.54, 1.807) is 42.5 Å². The van der Waals surface area contributed by atoms with Crippen molar-refractivity contribution in [2.75, 3.05) is 11.9 Å². The number of nitrogens with one attached hydrogen (secondary N) is 1. The van der Waals surface area contributed by atoms with Crippen molar-refractivity contribution in [1.82, 2.24) is 4.90 Å². The Kier molecular flexibility index (Phi) is 8.15. The van der Waals surface area contributed by atoms with Crippen LogP contribution < -0.4 is 10.1 Å². The summed E-state index contributed by atoms with van der Waals surface area (Å²) in [5.74, 6) is -0.193. The zero-order valence-corrected chi connectivity index (χ0v) is 22.3. The van der Waals surface area contributed by atoms with Gasteiger partial charge in [0.05, 0.1) is 11.4 Å². The van der Waals surface area contributed by atoms with Crippen LogP contribution in [0.2, 0.25) is 5.02 Å². The van der Waals surface area contributed by atoms with Gasteiger partial charge in [-0.2, -0.15) is 0 Å². The predicted octanol–water partition coefficient (Wildman–Crippen LogP) is 6.51. The average molecular weight is 619 g/mol. The second kappa shape index (κ2) is 11.3. The maximum Gasteiger partial charge on any atom is 0.293 e. The molecule has 1 saturated heterocycles. The molecule has 3 amide bonds. The lowest BCUT2D eigenvalue weighted by atomic mass is 10.2. The maximum atomic E-state index is 12.8. The Morgan fingerprint density at radius 3 is 2.63 bits per heavy atom. The fourth-order valence-electron chi connectivity index (χ4n) is 3.27. The van der Waals surface area contributed by atoms with E-state index in [9.17, 15) is 14.4 Å². The molecular formula is C26H20ClIN2O4S. The van der Waals surface area contributed by atoms with Crippen molar-refractivity contribution in [2.24, 2.45) is 0 Å². The molecule has 35 heavy (non-hydrogen) atoms. The minimum Gasteiger partial charge on any atom is -0.484 e. The van der Waals surface area contributed by atoms with Crippen LogP contribution in [-0.2, 0) is 16.1 Å². The van der Waals surface area contributed by atoms with Gasteiger partial charge in [-0.3, -0.25) is 19.3 Å². The maximum absolute atomic E-state index is 12.8. The molecule has 4 rings (SSSR count). The number of hydrogen-bond acceptors (Lipinski definition) is 5. The summed E-state index contributed by atoms with van der Waals surface area (Å²) in [6.45, 7) is 1.92. The molecule has 0 spiro atoms. The number of halogens is 2. The molecule has 0 unspecified atom stereocenters. The molecule has 0 bridgehead atoms. The molecule has 3 aromatic carbocycles. The number of ether oxygens (including phenoxy) is 1. The molecule has 178 valence electrons. The summed E-state index contributed by atoms with van der Waals surface area (Å²) >= 11 is 9.21. The average Bonchev–Trinajstić information content (AvgIpc) is 3.09. The number of aryl methyl sites for hydroxylation is 1. The van der Waals surface area contributed by atoms with E-state index < -0.39 is 0 Å². The Labute approximate surface area is 225 Å². The fourth-order valence-corrected chi connectivity index (χ4v) is 4.65. The highest BCUT2D eigenvalue weighted by Crippen LogP contribution is 2.33. The van der Waals surface area contributed by atoms with Crippen LogP contribution in [0.1, 0.15) is 16.7 Å². The second-order valence-corrected chi connectivity index (χ2v) is 10.4. The molecule has 0 aliphatic carbocycles. The molecule has 3 aromatic rings. The van der Waals surface area contributed by atoms with Gasteiger partial charge in [0.15, 0.2) is 6.61 Å². The Bertz CT molecular complexity index is 1330. The summed E-state index contributed by atoms with van der Waals surface area (Å²) in [7, 11) is 0. The highest BCUT2D eigenvalue weighted by Gasteiger charge is 2.34. The number of amides is 3. The van der Waals surface area contributed by atoms with Gasteiger partial charge in [0.25, 0.3) is 17.1 Å². The quantitative estimate of drug-likeness (QED) is 0.242. The molecule has 1 aliphatic rings. The van der Waals surface area contributed by atoms with Gasteiger partial charge in [-0.05, 0) is 100 Å². The lowest BCUT2D eigenvalue weighted by Crippen LogP contribution is -2.27. The standard InChI is InChI=1S/C26H20ClIN2O4S/c1-16-5-10-20(13-22(16)27)29-24(31)15-34-21-4-2-3-18(11-21)12-23-25(32)30(26(33)35-23)14-17-6-8-19(28)9-7-17/h2-13H,14-15H2,1H3,(H,29,31)/b23-12-. The highest BCUT2D eigenvalue weighted by atomic mass is 127. The van der Waals surface area contributed by atoms with Crippen LogP contribution in [0.5, 0.6) is 5.75 Å². The smallest absolute Gasteiger partial charge is 0.293 e. The molecule has 0 radical (unpaired) electrons. The van der Waals surface area contributed by atoms with E-state index in [0.29, 0.717) is 26.9 Å². The number of carbonyl (C=O) groups excluding carboxylic acids is 3. The summed E-state index contributed by atoms with van der Waals surface area (Å²) in [6.07, 6.45) is 1.65. The van der Waals surface area contributed by atoms with E-state index >= 15 is 0 Å². The topological polar surface area (TPSA) is 75.7 Å². The minimum absolute atomic E-state index is 0.193. The van der Waals surface area contributed by atoms with E-state index in [0.717, 1.165) is 26.5 Å². The van der Waals surface area contributed by atoms with Crippen LogP contribution in [0.15, 0.2) is 71.6 Å². The van der Waals surface area contributed by atoms with Crippen molar-refractivity contribution in [2.45, 2.75) is 13.5 Å². The molecular weight excluding hydrogens is 599 g/mol. The Hall–Kier alpha value is -2.82. The van der Waals surface area contributed by atoms with Crippen molar-refractivity contribution in [3.8, 4) is 5.75 Å². The third kappa shape index (κ3) is 6.65. The van der Waals surface area contributed by atoms with Crippen molar-refractivity contribution in [3.05, 3.63) is 96.9 Å².